The molecule has 2 aromatic carbocycles. The largest absolute Gasteiger partial charge is 0.497 e. The van der Waals surface area contributed by atoms with Gasteiger partial charge >= 0.3 is 5.97 Å². The van der Waals surface area contributed by atoms with Gasteiger partial charge in [-0.05, 0) is 55.5 Å². The lowest BCUT2D eigenvalue weighted by molar-refractivity contribution is -0.136. The molecule has 1 heterocycles. The molecule has 0 aliphatic heterocycles. The third kappa shape index (κ3) is 4.71. The van der Waals surface area contributed by atoms with Crippen molar-refractivity contribution in [2.75, 3.05) is 14.2 Å². The highest BCUT2D eigenvalue weighted by atomic mass is 19.1. The average molecular weight is 424 g/mol. The van der Waals surface area contributed by atoms with E-state index in [0.717, 1.165) is 29.1 Å². The predicted molar refractivity (Wildman–Crippen MR) is 117 cm³/mol. The minimum Gasteiger partial charge on any atom is -0.497 e. The Morgan fingerprint density at radius 1 is 1.16 bits per heavy atom. The maximum atomic E-state index is 14.6. The summed E-state index contributed by atoms with van der Waals surface area (Å²) in [5.74, 6) is -1.12. The van der Waals surface area contributed by atoms with Crippen LogP contribution < -0.4 is 4.74 Å². The van der Waals surface area contributed by atoms with Crippen molar-refractivity contribution in [3.8, 4) is 17.0 Å². The third-order valence-electron chi connectivity index (χ3n) is 4.69. The number of fused-ring (bicyclic) bond motifs is 1. The van der Waals surface area contributed by atoms with Crippen LogP contribution in [-0.4, -0.2) is 30.5 Å². The third-order valence-corrected chi connectivity index (χ3v) is 4.69. The van der Waals surface area contributed by atoms with Crippen molar-refractivity contribution < 1.29 is 23.0 Å². The van der Waals surface area contributed by atoms with E-state index in [1.165, 1.54) is 7.11 Å². The number of rotatable bonds is 7. The summed E-state index contributed by atoms with van der Waals surface area (Å²) >= 11 is 0. The molecule has 3 rings (SSSR count). The summed E-state index contributed by atoms with van der Waals surface area (Å²) in [5.41, 5.74) is 1.76. The number of halogens is 2. The first kappa shape index (κ1) is 22.0. The maximum Gasteiger partial charge on any atom is 0.356 e. The number of carbonyl (C=O) groups is 1. The van der Waals surface area contributed by atoms with E-state index >= 15 is 0 Å². The summed E-state index contributed by atoms with van der Waals surface area (Å²) in [6.07, 6.45) is 3.48. The highest BCUT2D eigenvalue weighted by Crippen LogP contribution is 2.32. The summed E-state index contributed by atoms with van der Waals surface area (Å²) in [5, 5.41) is 0.782. The Morgan fingerprint density at radius 3 is 2.61 bits per heavy atom. The van der Waals surface area contributed by atoms with Crippen LogP contribution in [0.1, 0.15) is 6.92 Å². The Bertz CT molecular complexity index is 1210. The number of aliphatic imine (C=N–C) groups is 1. The molecule has 7 heteroatoms. The van der Waals surface area contributed by atoms with Crippen LogP contribution in [0.25, 0.3) is 22.2 Å². The van der Waals surface area contributed by atoms with E-state index in [4.69, 9.17) is 4.74 Å². The van der Waals surface area contributed by atoms with E-state index in [1.54, 1.807) is 36.0 Å². The molecule has 3 aromatic rings. The highest BCUT2D eigenvalue weighted by Gasteiger charge is 2.17. The van der Waals surface area contributed by atoms with Crippen molar-refractivity contribution >= 4 is 22.6 Å². The normalized spacial score (nSPS) is 11.8. The molecule has 0 fully saturated rings. The molecule has 0 bridgehead atoms. The Hall–Kier alpha value is -3.74. The number of allylic oxidation sites excluding steroid dienone is 2. The zero-order valence-electron chi connectivity index (χ0n) is 17.5. The second-order valence-corrected chi connectivity index (χ2v) is 6.71. The fourth-order valence-corrected chi connectivity index (χ4v) is 3.28. The van der Waals surface area contributed by atoms with Crippen LogP contribution in [0, 0.1) is 11.6 Å². The van der Waals surface area contributed by atoms with Gasteiger partial charge in [-0.3, -0.25) is 0 Å². The maximum absolute atomic E-state index is 14.6. The van der Waals surface area contributed by atoms with Gasteiger partial charge in [-0.25, -0.2) is 18.6 Å². The monoisotopic (exact) mass is 424 g/mol. The predicted octanol–water partition coefficient (Wildman–Crippen LogP) is 5.30. The summed E-state index contributed by atoms with van der Waals surface area (Å²) < 4.78 is 40.3. The van der Waals surface area contributed by atoms with Gasteiger partial charge in [0, 0.05) is 16.5 Å². The molecule has 0 spiro atoms. The number of hydrogen-bond acceptors (Lipinski definition) is 4. The van der Waals surface area contributed by atoms with Gasteiger partial charge in [0.15, 0.2) is 0 Å². The number of ether oxygens (including phenoxy) is 2. The first-order valence-corrected chi connectivity index (χ1v) is 9.48. The number of esters is 1. The second-order valence-electron chi connectivity index (χ2n) is 6.71. The fourth-order valence-electron chi connectivity index (χ4n) is 3.28. The summed E-state index contributed by atoms with van der Waals surface area (Å²) in [4.78, 5) is 16.0. The van der Waals surface area contributed by atoms with Gasteiger partial charge < -0.3 is 14.0 Å². The van der Waals surface area contributed by atoms with E-state index < -0.39 is 17.6 Å². The Labute approximate surface area is 178 Å². The Kier molecular flexibility index (Phi) is 6.65. The van der Waals surface area contributed by atoms with E-state index in [-0.39, 0.29) is 17.8 Å². The fraction of sp³-hybridized carbons (Fsp3) is 0.167. The van der Waals surface area contributed by atoms with Crippen LogP contribution in [-0.2, 0) is 16.1 Å². The molecule has 0 N–H and O–H groups in total. The first-order valence-electron chi connectivity index (χ1n) is 9.48. The topological polar surface area (TPSA) is 52.8 Å². The number of hydrogen-bond donors (Lipinski definition) is 0. The summed E-state index contributed by atoms with van der Waals surface area (Å²) in [6.45, 7) is 5.63. The van der Waals surface area contributed by atoms with E-state index in [9.17, 15) is 13.6 Å². The zero-order valence-corrected chi connectivity index (χ0v) is 17.5. The molecular formula is C24H22F2N2O3. The minimum absolute atomic E-state index is 0.0628. The quantitative estimate of drug-likeness (QED) is 0.294. The molecule has 0 amide bonds. The van der Waals surface area contributed by atoms with Gasteiger partial charge in [0.1, 0.15) is 23.1 Å². The lowest BCUT2D eigenvalue weighted by Gasteiger charge is -2.13. The molecule has 1 aromatic heterocycles. The lowest BCUT2D eigenvalue weighted by atomic mass is 10.1. The summed E-state index contributed by atoms with van der Waals surface area (Å²) in [6, 6.07) is 10.5. The molecule has 5 nitrogen and oxygen atoms in total. The zero-order chi connectivity index (χ0) is 22.5. The molecule has 31 heavy (non-hydrogen) atoms. The number of carbonyl (C=O) groups excluding carboxylic acids is 1. The number of methoxy groups -OCH3 is 2. The van der Waals surface area contributed by atoms with E-state index in [0.29, 0.717) is 17.2 Å². The SMILES string of the molecule is C=C(N=C(/C=C\C)Cn1c(-c2cc(F)ccc2F)cc2cc(OC)ccc21)C(=O)OC. The Balaban J connectivity index is 2.21. The van der Waals surface area contributed by atoms with Crippen LogP contribution >= 0.6 is 0 Å². The molecule has 0 radical (unpaired) electrons. The van der Waals surface area contributed by atoms with Crippen molar-refractivity contribution in [1.82, 2.24) is 4.57 Å². The molecular weight excluding hydrogens is 402 g/mol. The molecule has 160 valence electrons. The molecule has 0 aliphatic carbocycles. The van der Waals surface area contributed by atoms with Crippen LogP contribution in [0.5, 0.6) is 5.75 Å². The van der Waals surface area contributed by atoms with Crippen LogP contribution in [0.15, 0.2) is 71.9 Å². The molecule has 0 saturated heterocycles. The van der Waals surface area contributed by atoms with Gasteiger partial charge in [-0.1, -0.05) is 12.7 Å². The van der Waals surface area contributed by atoms with Crippen LogP contribution in [0.4, 0.5) is 8.78 Å². The number of benzene rings is 2. The van der Waals surface area contributed by atoms with Crippen molar-refractivity contribution in [3.05, 3.63) is 78.5 Å². The standard InChI is InChI=1S/C24H22F2N2O3/c1-5-6-18(27-15(2)24(29)31-4)14-28-22-10-8-19(30-3)11-16(22)12-23(28)20-13-17(25)7-9-21(20)26/h5-13H,2,14H2,1,3-4H3/b6-5-,27-18?. The number of aromatic nitrogens is 1. The van der Waals surface area contributed by atoms with Gasteiger partial charge in [0.05, 0.1) is 32.2 Å². The second kappa shape index (κ2) is 9.38. The summed E-state index contributed by atoms with van der Waals surface area (Å²) in [7, 11) is 2.80. The van der Waals surface area contributed by atoms with Crippen molar-refractivity contribution in [2.24, 2.45) is 4.99 Å². The highest BCUT2D eigenvalue weighted by molar-refractivity contribution is 6.01. The molecule has 0 unspecified atom stereocenters. The average Bonchev–Trinajstić information content (AvgIpc) is 3.12. The molecule has 0 atom stereocenters. The van der Waals surface area contributed by atoms with Gasteiger partial charge in [-0.15, -0.1) is 0 Å². The van der Waals surface area contributed by atoms with Gasteiger partial charge in [0.2, 0.25) is 0 Å². The van der Waals surface area contributed by atoms with Crippen molar-refractivity contribution in [3.63, 3.8) is 0 Å². The van der Waals surface area contributed by atoms with Crippen LogP contribution in [0.3, 0.4) is 0 Å². The minimum atomic E-state index is -0.652. The first-order chi connectivity index (χ1) is 14.9. The van der Waals surface area contributed by atoms with Crippen molar-refractivity contribution in [1.29, 1.82) is 0 Å². The lowest BCUT2D eigenvalue weighted by Crippen LogP contribution is -2.12. The number of nitrogens with zero attached hydrogens (tertiary/aromatic N) is 2. The van der Waals surface area contributed by atoms with Crippen LogP contribution in [0.2, 0.25) is 0 Å². The van der Waals surface area contributed by atoms with E-state index in [1.807, 2.05) is 19.1 Å². The molecule has 0 aliphatic rings. The Morgan fingerprint density at radius 2 is 1.94 bits per heavy atom. The van der Waals surface area contributed by atoms with Crippen molar-refractivity contribution in [2.45, 2.75) is 13.5 Å². The smallest absolute Gasteiger partial charge is 0.356 e. The van der Waals surface area contributed by atoms with E-state index in [2.05, 4.69) is 16.3 Å². The van der Waals surface area contributed by atoms with Gasteiger partial charge in [-0.2, -0.15) is 0 Å². The molecule has 0 saturated carbocycles. The van der Waals surface area contributed by atoms with Gasteiger partial charge in [0.25, 0.3) is 0 Å².